The topological polar surface area (TPSA) is 83.8 Å². The minimum atomic E-state index is -0.376. The summed E-state index contributed by atoms with van der Waals surface area (Å²) < 4.78 is 12.9. The van der Waals surface area contributed by atoms with Gasteiger partial charge in [0.05, 0.1) is 11.4 Å². The molecule has 0 unspecified atom stereocenters. The lowest BCUT2D eigenvalue weighted by Crippen LogP contribution is -2.14. The zero-order chi connectivity index (χ0) is 13.3. The number of aromatic amines is 1. The number of amides is 1. The number of benzene rings is 1. The van der Waals surface area contributed by atoms with E-state index >= 15 is 0 Å². The summed E-state index contributed by atoms with van der Waals surface area (Å²) >= 11 is 0. The molecule has 94 valence electrons. The van der Waals surface area contributed by atoms with Crippen LogP contribution in [0.3, 0.4) is 0 Å². The molecule has 0 radical (unpaired) electrons. The maximum absolute atomic E-state index is 12.9. The van der Waals surface area contributed by atoms with Crippen LogP contribution in [-0.4, -0.2) is 16.1 Å². The number of carbonyl (C=O) groups is 1. The molecule has 4 N–H and O–H groups in total. The van der Waals surface area contributed by atoms with Crippen LogP contribution in [0.25, 0.3) is 0 Å². The minimum absolute atomic E-state index is 0.279. The Morgan fingerprint density at radius 3 is 2.72 bits per heavy atom. The minimum Gasteiger partial charge on any atom is -0.394 e. The number of nitrogen functional groups attached to an aromatic ring is 1. The number of nitrogens with two attached hydrogens (primary N) is 1. The number of H-pyrrole nitrogens is 1. The van der Waals surface area contributed by atoms with Crippen LogP contribution in [0.15, 0.2) is 18.2 Å². The number of anilines is 2. The van der Waals surface area contributed by atoms with Crippen molar-refractivity contribution in [1.29, 1.82) is 0 Å². The standard InChI is InChI=1S/C12H13FN4O/c1-6-5-8(13)3-4-9(6)12(18)15-11-10(14)7(2)16-17-11/h3-5H,14H2,1-2H3,(H2,15,16,17,18). The van der Waals surface area contributed by atoms with Gasteiger partial charge in [0.1, 0.15) is 5.82 Å². The van der Waals surface area contributed by atoms with Gasteiger partial charge in [0.15, 0.2) is 5.82 Å². The van der Waals surface area contributed by atoms with Crippen molar-refractivity contribution >= 4 is 17.4 Å². The van der Waals surface area contributed by atoms with Crippen LogP contribution < -0.4 is 11.1 Å². The Morgan fingerprint density at radius 1 is 1.44 bits per heavy atom. The summed E-state index contributed by atoms with van der Waals surface area (Å²) in [6.07, 6.45) is 0. The lowest BCUT2D eigenvalue weighted by Gasteiger charge is -2.06. The molecule has 1 aromatic carbocycles. The number of hydrogen-bond donors (Lipinski definition) is 3. The number of hydrogen-bond acceptors (Lipinski definition) is 3. The summed E-state index contributed by atoms with van der Waals surface area (Å²) in [5.74, 6) is -0.467. The molecular formula is C12H13FN4O. The lowest BCUT2D eigenvalue weighted by molar-refractivity contribution is 0.102. The highest BCUT2D eigenvalue weighted by Gasteiger charge is 2.14. The van der Waals surface area contributed by atoms with Gasteiger partial charge in [-0.3, -0.25) is 9.89 Å². The third kappa shape index (κ3) is 2.17. The van der Waals surface area contributed by atoms with Crippen molar-refractivity contribution < 1.29 is 9.18 Å². The molecule has 2 aromatic rings. The van der Waals surface area contributed by atoms with Crippen molar-refractivity contribution in [1.82, 2.24) is 10.2 Å². The number of halogens is 1. The molecule has 1 amide bonds. The fraction of sp³-hybridized carbons (Fsp3) is 0.167. The Bertz CT molecular complexity index is 606. The average molecular weight is 248 g/mol. The van der Waals surface area contributed by atoms with E-state index in [1.54, 1.807) is 13.8 Å². The Hall–Kier alpha value is -2.37. The predicted octanol–water partition coefficient (Wildman–Crippen LogP) is 2.00. The fourth-order valence-corrected chi connectivity index (χ4v) is 1.59. The second kappa shape index (κ2) is 4.48. The van der Waals surface area contributed by atoms with E-state index in [0.29, 0.717) is 22.5 Å². The van der Waals surface area contributed by atoms with E-state index in [1.165, 1.54) is 18.2 Å². The molecule has 0 bridgehead atoms. The van der Waals surface area contributed by atoms with Crippen LogP contribution in [-0.2, 0) is 0 Å². The van der Waals surface area contributed by atoms with Crippen LogP contribution in [0, 0.1) is 19.7 Å². The third-order valence-electron chi connectivity index (χ3n) is 2.66. The SMILES string of the molecule is Cc1cc(F)ccc1C(=O)Nc1n[nH]c(C)c1N. The number of aryl methyl sites for hydroxylation is 2. The molecule has 0 saturated carbocycles. The molecule has 0 aliphatic carbocycles. The van der Waals surface area contributed by atoms with Crippen molar-refractivity contribution in [2.75, 3.05) is 11.1 Å². The molecule has 0 aliphatic heterocycles. The second-order valence-electron chi connectivity index (χ2n) is 4.02. The maximum atomic E-state index is 12.9. The first-order chi connectivity index (χ1) is 8.49. The maximum Gasteiger partial charge on any atom is 0.257 e. The number of nitrogens with zero attached hydrogens (tertiary/aromatic N) is 1. The van der Waals surface area contributed by atoms with Gasteiger partial charge in [-0.25, -0.2) is 4.39 Å². The highest BCUT2D eigenvalue weighted by molar-refractivity contribution is 6.06. The van der Waals surface area contributed by atoms with E-state index in [2.05, 4.69) is 15.5 Å². The molecule has 5 nitrogen and oxygen atoms in total. The van der Waals surface area contributed by atoms with E-state index in [1.807, 2.05) is 0 Å². The van der Waals surface area contributed by atoms with E-state index in [9.17, 15) is 9.18 Å². The highest BCUT2D eigenvalue weighted by atomic mass is 19.1. The van der Waals surface area contributed by atoms with Crippen LogP contribution in [0.1, 0.15) is 21.6 Å². The van der Waals surface area contributed by atoms with Gasteiger partial charge in [0.2, 0.25) is 0 Å². The van der Waals surface area contributed by atoms with Gasteiger partial charge < -0.3 is 11.1 Å². The van der Waals surface area contributed by atoms with E-state index < -0.39 is 0 Å². The van der Waals surface area contributed by atoms with Gasteiger partial charge in [-0.2, -0.15) is 5.10 Å². The van der Waals surface area contributed by atoms with Gasteiger partial charge in [0, 0.05) is 5.56 Å². The van der Waals surface area contributed by atoms with Gasteiger partial charge in [0.25, 0.3) is 5.91 Å². The quantitative estimate of drug-likeness (QED) is 0.760. The van der Waals surface area contributed by atoms with Crippen molar-refractivity contribution in [2.24, 2.45) is 0 Å². The zero-order valence-electron chi connectivity index (χ0n) is 10.0. The Labute approximate surface area is 103 Å². The Kier molecular flexibility index (Phi) is 3.01. The van der Waals surface area contributed by atoms with E-state index in [4.69, 9.17) is 5.73 Å². The number of aromatic nitrogens is 2. The van der Waals surface area contributed by atoms with E-state index in [-0.39, 0.29) is 17.5 Å². The molecule has 0 fully saturated rings. The van der Waals surface area contributed by atoms with Crippen LogP contribution in [0.4, 0.5) is 15.9 Å². The van der Waals surface area contributed by atoms with Crippen molar-refractivity contribution in [3.05, 3.63) is 40.8 Å². The first-order valence-corrected chi connectivity index (χ1v) is 5.37. The molecule has 0 atom stereocenters. The molecule has 0 spiro atoms. The van der Waals surface area contributed by atoms with Gasteiger partial charge in [-0.1, -0.05) is 0 Å². The van der Waals surface area contributed by atoms with Crippen molar-refractivity contribution in [3.8, 4) is 0 Å². The number of carbonyl (C=O) groups excluding carboxylic acids is 1. The van der Waals surface area contributed by atoms with Crippen molar-refractivity contribution in [3.63, 3.8) is 0 Å². The normalized spacial score (nSPS) is 10.4. The molecule has 18 heavy (non-hydrogen) atoms. The van der Waals surface area contributed by atoms with Gasteiger partial charge in [-0.05, 0) is 37.6 Å². The molecule has 0 aliphatic rings. The van der Waals surface area contributed by atoms with Gasteiger partial charge >= 0.3 is 0 Å². The Balaban J connectivity index is 2.25. The van der Waals surface area contributed by atoms with Gasteiger partial charge in [-0.15, -0.1) is 0 Å². The van der Waals surface area contributed by atoms with E-state index in [0.717, 1.165) is 0 Å². The summed E-state index contributed by atoms with van der Waals surface area (Å²) in [7, 11) is 0. The average Bonchev–Trinajstić information content (AvgIpc) is 2.61. The number of rotatable bonds is 2. The molecule has 1 heterocycles. The third-order valence-corrected chi connectivity index (χ3v) is 2.66. The second-order valence-corrected chi connectivity index (χ2v) is 4.02. The molecule has 1 aromatic heterocycles. The summed E-state index contributed by atoms with van der Waals surface area (Å²) in [6.45, 7) is 3.41. The van der Waals surface area contributed by atoms with Crippen LogP contribution in [0.2, 0.25) is 0 Å². The summed E-state index contributed by atoms with van der Waals surface area (Å²) in [5, 5.41) is 9.12. The van der Waals surface area contributed by atoms with Crippen LogP contribution >= 0.6 is 0 Å². The summed E-state index contributed by atoms with van der Waals surface area (Å²) in [4.78, 5) is 12.0. The molecule has 6 heteroatoms. The fourth-order valence-electron chi connectivity index (χ4n) is 1.59. The van der Waals surface area contributed by atoms with Crippen LogP contribution in [0.5, 0.6) is 0 Å². The smallest absolute Gasteiger partial charge is 0.257 e. The predicted molar refractivity (Wildman–Crippen MR) is 66.8 cm³/mol. The first-order valence-electron chi connectivity index (χ1n) is 5.37. The largest absolute Gasteiger partial charge is 0.394 e. The Morgan fingerprint density at radius 2 is 2.17 bits per heavy atom. The highest BCUT2D eigenvalue weighted by Crippen LogP contribution is 2.19. The first kappa shape index (κ1) is 12.1. The molecular weight excluding hydrogens is 235 g/mol. The summed E-state index contributed by atoms with van der Waals surface area (Å²) in [6, 6.07) is 3.96. The van der Waals surface area contributed by atoms with Crippen molar-refractivity contribution in [2.45, 2.75) is 13.8 Å². The molecule has 0 saturated heterocycles. The number of nitrogens with one attached hydrogen (secondary N) is 2. The molecule has 2 rings (SSSR count). The summed E-state index contributed by atoms with van der Waals surface area (Å²) in [5.41, 5.74) is 7.74. The lowest BCUT2D eigenvalue weighted by atomic mass is 10.1. The zero-order valence-corrected chi connectivity index (χ0v) is 10.0. The monoisotopic (exact) mass is 248 g/mol.